The number of carbonyl (C=O) groups is 2. The molecule has 1 aliphatic rings. The van der Waals surface area contributed by atoms with Crippen LogP contribution in [0.3, 0.4) is 0 Å². The van der Waals surface area contributed by atoms with Gasteiger partial charge in [0, 0.05) is 23.2 Å². The maximum atomic E-state index is 13.0. The van der Waals surface area contributed by atoms with Crippen molar-refractivity contribution in [1.29, 1.82) is 0 Å². The molecule has 0 radical (unpaired) electrons. The number of hydrogen-bond acceptors (Lipinski definition) is 4. The number of likely N-dealkylation sites (N-methyl/N-ethyl adjacent to an activating group) is 1. The third-order valence-corrected chi connectivity index (χ3v) is 4.54. The van der Waals surface area contributed by atoms with Gasteiger partial charge in [0.25, 0.3) is 5.91 Å². The van der Waals surface area contributed by atoms with Crippen LogP contribution in [0.2, 0.25) is 5.02 Å². The van der Waals surface area contributed by atoms with E-state index >= 15 is 0 Å². The van der Waals surface area contributed by atoms with Crippen molar-refractivity contribution in [2.75, 3.05) is 11.9 Å². The van der Waals surface area contributed by atoms with E-state index in [2.05, 4.69) is 0 Å². The van der Waals surface area contributed by atoms with Crippen LogP contribution in [0, 0.1) is 0 Å². The van der Waals surface area contributed by atoms with E-state index in [0.29, 0.717) is 16.4 Å². The van der Waals surface area contributed by atoms with Crippen molar-refractivity contribution in [1.82, 2.24) is 0 Å². The van der Waals surface area contributed by atoms with Crippen molar-refractivity contribution in [3.63, 3.8) is 0 Å². The second-order valence-corrected chi connectivity index (χ2v) is 8.15. The molecule has 0 aliphatic carbocycles. The van der Waals surface area contributed by atoms with Crippen molar-refractivity contribution in [3.05, 3.63) is 64.7 Å². The molecule has 0 aromatic heterocycles. The van der Waals surface area contributed by atoms with Crippen LogP contribution in [-0.2, 0) is 14.3 Å². The first-order valence-corrected chi connectivity index (χ1v) is 9.46. The number of anilines is 1. The summed E-state index contributed by atoms with van der Waals surface area (Å²) in [5.74, 6) is -0.722. The lowest BCUT2D eigenvalue weighted by molar-refractivity contribution is -0.156. The Morgan fingerprint density at radius 1 is 1.18 bits per heavy atom. The van der Waals surface area contributed by atoms with E-state index in [1.807, 2.05) is 30.3 Å². The molecule has 28 heavy (non-hydrogen) atoms. The van der Waals surface area contributed by atoms with E-state index < -0.39 is 17.6 Å². The zero-order valence-electron chi connectivity index (χ0n) is 16.4. The predicted octanol–water partition coefficient (Wildman–Crippen LogP) is 4.25. The first-order valence-electron chi connectivity index (χ1n) is 9.08. The molecule has 1 heterocycles. The Kier molecular flexibility index (Phi) is 5.57. The number of nitrogens with zero attached hydrogens (tertiary/aromatic N) is 2. The smallest absolute Gasteiger partial charge is 0.309 e. The lowest BCUT2D eigenvalue weighted by Crippen LogP contribution is -2.37. The first kappa shape index (κ1) is 20.1. The Morgan fingerprint density at radius 2 is 1.86 bits per heavy atom. The number of carbonyl (C=O) groups excluding carboxylic acids is 2. The number of fused-ring (bicyclic) bond motifs is 1. The average molecular weight is 399 g/mol. The second-order valence-electron chi connectivity index (χ2n) is 7.71. The highest BCUT2D eigenvalue weighted by Crippen LogP contribution is 2.31. The van der Waals surface area contributed by atoms with Crippen LogP contribution in [0.5, 0.6) is 0 Å². The molecule has 1 atom stereocenters. The molecule has 5 nitrogen and oxygen atoms in total. The van der Waals surface area contributed by atoms with Crippen LogP contribution in [-0.4, -0.2) is 36.3 Å². The van der Waals surface area contributed by atoms with Gasteiger partial charge in [0.2, 0.25) is 0 Å². The highest BCUT2D eigenvalue weighted by molar-refractivity contribution is 6.32. The number of benzodiazepines with no additional fused rings is 1. The molecule has 0 saturated heterocycles. The SMILES string of the molecule is CN1C(=O)C(CC(=O)OC(C)(C)C)N=C(c2ccccc2)c2cc(Cl)ccc21. The molecular weight excluding hydrogens is 376 g/mol. The van der Waals surface area contributed by atoms with Gasteiger partial charge in [-0.25, -0.2) is 0 Å². The molecule has 0 N–H and O–H groups in total. The molecule has 3 rings (SSSR count). The van der Waals surface area contributed by atoms with E-state index in [1.54, 1.807) is 46.0 Å². The first-order chi connectivity index (χ1) is 13.2. The van der Waals surface area contributed by atoms with Crippen LogP contribution >= 0.6 is 11.6 Å². The summed E-state index contributed by atoms with van der Waals surface area (Å²) in [5.41, 5.74) is 2.30. The summed E-state index contributed by atoms with van der Waals surface area (Å²) in [6.07, 6.45) is -0.126. The highest BCUT2D eigenvalue weighted by Gasteiger charge is 2.32. The number of ether oxygens (including phenoxy) is 1. The summed E-state index contributed by atoms with van der Waals surface area (Å²) in [7, 11) is 1.68. The molecular formula is C22H23ClN2O3. The number of amides is 1. The van der Waals surface area contributed by atoms with Gasteiger partial charge in [-0.15, -0.1) is 0 Å². The van der Waals surface area contributed by atoms with E-state index in [1.165, 1.54) is 4.90 Å². The summed E-state index contributed by atoms with van der Waals surface area (Å²) in [5, 5.41) is 0.550. The summed E-state index contributed by atoms with van der Waals surface area (Å²) in [6, 6.07) is 14.0. The fraction of sp³-hybridized carbons (Fsp3) is 0.318. The van der Waals surface area contributed by atoms with Gasteiger partial charge in [0.05, 0.1) is 17.8 Å². The largest absolute Gasteiger partial charge is 0.460 e. The number of hydrogen-bond donors (Lipinski definition) is 0. The maximum absolute atomic E-state index is 13.0. The van der Waals surface area contributed by atoms with Crippen LogP contribution in [0.15, 0.2) is 53.5 Å². The van der Waals surface area contributed by atoms with Crippen molar-refractivity contribution in [2.24, 2.45) is 4.99 Å². The van der Waals surface area contributed by atoms with E-state index in [9.17, 15) is 9.59 Å². The third kappa shape index (κ3) is 4.42. The number of rotatable bonds is 3. The fourth-order valence-corrected chi connectivity index (χ4v) is 3.29. The number of aliphatic imine (C=N–C) groups is 1. The van der Waals surface area contributed by atoms with Gasteiger partial charge in [-0.05, 0) is 39.0 Å². The molecule has 0 spiro atoms. The molecule has 146 valence electrons. The van der Waals surface area contributed by atoms with Crippen LogP contribution in [0.25, 0.3) is 0 Å². The molecule has 0 bridgehead atoms. The minimum absolute atomic E-state index is 0.126. The molecule has 1 unspecified atom stereocenters. The maximum Gasteiger partial charge on any atom is 0.309 e. The van der Waals surface area contributed by atoms with Gasteiger partial charge in [0.1, 0.15) is 11.6 Å². The van der Waals surface area contributed by atoms with E-state index in [4.69, 9.17) is 21.3 Å². The van der Waals surface area contributed by atoms with Gasteiger partial charge in [-0.1, -0.05) is 41.9 Å². The van der Waals surface area contributed by atoms with Gasteiger partial charge < -0.3 is 9.64 Å². The molecule has 1 amide bonds. The van der Waals surface area contributed by atoms with Crippen LogP contribution < -0.4 is 4.90 Å². The summed E-state index contributed by atoms with van der Waals surface area (Å²) < 4.78 is 5.40. The zero-order valence-corrected chi connectivity index (χ0v) is 17.2. The van der Waals surface area contributed by atoms with Gasteiger partial charge in [0.15, 0.2) is 0 Å². The summed E-state index contributed by atoms with van der Waals surface area (Å²) in [6.45, 7) is 5.38. The topological polar surface area (TPSA) is 59.0 Å². The van der Waals surface area contributed by atoms with E-state index in [-0.39, 0.29) is 12.3 Å². The van der Waals surface area contributed by atoms with Crippen molar-refractivity contribution in [3.8, 4) is 0 Å². The predicted molar refractivity (Wildman–Crippen MR) is 111 cm³/mol. The quantitative estimate of drug-likeness (QED) is 0.726. The van der Waals surface area contributed by atoms with Gasteiger partial charge in [-0.3, -0.25) is 14.6 Å². The average Bonchev–Trinajstić information content (AvgIpc) is 2.71. The molecule has 0 saturated carbocycles. The Bertz CT molecular complexity index is 933. The molecule has 6 heteroatoms. The second kappa shape index (κ2) is 7.76. The number of halogens is 1. The third-order valence-electron chi connectivity index (χ3n) is 4.30. The number of esters is 1. The molecule has 0 fully saturated rings. The molecule has 2 aromatic carbocycles. The van der Waals surface area contributed by atoms with E-state index in [0.717, 1.165) is 11.1 Å². The van der Waals surface area contributed by atoms with Crippen molar-refractivity contribution >= 4 is 34.9 Å². The molecule has 2 aromatic rings. The Morgan fingerprint density at radius 3 is 2.50 bits per heavy atom. The zero-order chi connectivity index (χ0) is 20.5. The highest BCUT2D eigenvalue weighted by atomic mass is 35.5. The lowest BCUT2D eigenvalue weighted by Gasteiger charge is -2.22. The lowest BCUT2D eigenvalue weighted by atomic mass is 10.0. The van der Waals surface area contributed by atoms with Crippen LogP contribution in [0.1, 0.15) is 38.3 Å². The minimum Gasteiger partial charge on any atom is -0.460 e. The Labute approximate surface area is 170 Å². The van der Waals surface area contributed by atoms with Gasteiger partial charge in [-0.2, -0.15) is 0 Å². The standard InChI is InChI=1S/C22H23ClN2O3/c1-22(2,3)28-19(26)13-17-21(27)25(4)18-11-10-15(23)12-16(18)20(24-17)14-8-6-5-7-9-14/h5-12,17H,13H2,1-4H3. The molecule has 1 aliphatic heterocycles. The summed E-state index contributed by atoms with van der Waals surface area (Å²) >= 11 is 6.23. The van der Waals surface area contributed by atoms with Crippen molar-refractivity contribution in [2.45, 2.75) is 38.8 Å². The Balaban J connectivity index is 2.09. The fourth-order valence-electron chi connectivity index (χ4n) is 3.11. The van der Waals surface area contributed by atoms with Crippen LogP contribution in [0.4, 0.5) is 5.69 Å². The monoisotopic (exact) mass is 398 g/mol. The van der Waals surface area contributed by atoms with Gasteiger partial charge >= 0.3 is 5.97 Å². The minimum atomic E-state index is -0.874. The number of benzene rings is 2. The Hall–Kier alpha value is -2.66. The normalized spacial score (nSPS) is 16.9. The summed E-state index contributed by atoms with van der Waals surface area (Å²) in [4.78, 5) is 31.7. The van der Waals surface area contributed by atoms with Crippen molar-refractivity contribution < 1.29 is 14.3 Å².